The van der Waals surface area contributed by atoms with Gasteiger partial charge in [-0.05, 0) is 18.6 Å². The van der Waals surface area contributed by atoms with Gasteiger partial charge >= 0.3 is 0 Å². The number of rotatable bonds is 1. The molecular weight excluding hydrogens is 218 g/mol. The second-order valence-electron chi connectivity index (χ2n) is 4.16. The Morgan fingerprint density at radius 2 is 2.41 bits per heavy atom. The number of hydrogen-bond donors (Lipinski definition) is 2. The predicted octanol–water partition coefficient (Wildman–Crippen LogP) is 1.46. The van der Waals surface area contributed by atoms with Crippen molar-refractivity contribution >= 4 is 16.8 Å². The van der Waals surface area contributed by atoms with Crippen molar-refractivity contribution in [3.63, 3.8) is 0 Å². The highest BCUT2D eigenvalue weighted by atomic mass is 16.5. The Morgan fingerprint density at radius 3 is 3.24 bits per heavy atom. The number of fused-ring (bicyclic) bond motifs is 2. The number of amides is 1. The molecule has 1 aliphatic rings. The smallest absolute Gasteiger partial charge is 0.255 e. The second kappa shape index (κ2) is 3.76. The molecule has 0 fully saturated rings. The van der Waals surface area contributed by atoms with Crippen LogP contribution in [0.1, 0.15) is 23.7 Å². The number of H-pyrrole nitrogens is 1. The minimum Gasteiger partial charge on any atom is -0.488 e. The van der Waals surface area contributed by atoms with Crippen LogP contribution in [0.3, 0.4) is 0 Å². The number of carbonyl (C=O) groups is 1. The summed E-state index contributed by atoms with van der Waals surface area (Å²) in [6.45, 7) is 2.59. The highest BCUT2D eigenvalue weighted by Gasteiger charge is 2.22. The van der Waals surface area contributed by atoms with Gasteiger partial charge in [0.15, 0.2) is 0 Å². The maximum Gasteiger partial charge on any atom is 0.255 e. The molecule has 2 aromatic rings. The zero-order chi connectivity index (χ0) is 11.8. The molecular formula is C12H13N3O2. The summed E-state index contributed by atoms with van der Waals surface area (Å²) in [6, 6.07) is 3.65. The van der Waals surface area contributed by atoms with Crippen LogP contribution < -0.4 is 10.1 Å². The molecule has 2 N–H and O–H groups in total. The molecule has 17 heavy (non-hydrogen) atoms. The summed E-state index contributed by atoms with van der Waals surface area (Å²) in [4.78, 5) is 11.9. The van der Waals surface area contributed by atoms with E-state index < -0.39 is 0 Å². The Bertz CT molecular complexity index is 576. The van der Waals surface area contributed by atoms with Crippen molar-refractivity contribution in [3.8, 4) is 5.75 Å². The van der Waals surface area contributed by atoms with Crippen LogP contribution in [-0.2, 0) is 0 Å². The van der Waals surface area contributed by atoms with E-state index in [0.29, 0.717) is 17.9 Å². The standard InChI is InChI=1S/C12H13N3O2/c1-2-8-6-13-12(16)9-4-10-7(5-14-15-10)3-11(9)17-8/h3-5,8H,2,6H2,1H3,(H,13,16)(H,14,15)/t8-/m1/s1. The quantitative estimate of drug-likeness (QED) is 0.780. The zero-order valence-electron chi connectivity index (χ0n) is 9.49. The van der Waals surface area contributed by atoms with E-state index in [1.807, 2.05) is 13.0 Å². The summed E-state index contributed by atoms with van der Waals surface area (Å²) in [5.41, 5.74) is 1.41. The number of nitrogens with one attached hydrogen (secondary N) is 2. The monoisotopic (exact) mass is 231 g/mol. The van der Waals surface area contributed by atoms with E-state index in [1.165, 1.54) is 0 Å². The lowest BCUT2D eigenvalue weighted by molar-refractivity contribution is 0.0950. The molecule has 0 saturated heterocycles. The van der Waals surface area contributed by atoms with Gasteiger partial charge in [0.05, 0.1) is 23.8 Å². The maximum absolute atomic E-state index is 11.9. The first-order valence-electron chi connectivity index (χ1n) is 5.70. The molecule has 2 heterocycles. The third-order valence-corrected chi connectivity index (χ3v) is 3.02. The van der Waals surface area contributed by atoms with Crippen molar-refractivity contribution in [2.75, 3.05) is 6.54 Å². The van der Waals surface area contributed by atoms with Gasteiger partial charge in [-0.25, -0.2) is 0 Å². The van der Waals surface area contributed by atoms with Gasteiger partial charge in [-0.3, -0.25) is 9.89 Å². The fourth-order valence-electron chi connectivity index (χ4n) is 2.00. The first-order valence-corrected chi connectivity index (χ1v) is 5.70. The normalized spacial score (nSPS) is 19.4. The molecule has 0 aliphatic carbocycles. The van der Waals surface area contributed by atoms with Crippen LogP contribution in [0.15, 0.2) is 18.3 Å². The molecule has 88 valence electrons. The SMILES string of the molecule is CC[C@@H]1CNC(=O)c2cc3[nH]ncc3cc2O1. The topological polar surface area (TPSA) is 67.0 Å². The molecule has 1 aromatic heterocycles. The molecule has 1 atom stereocenters. The van der Waals surface area contributed by atoms with Crippen LogP contribution in [0.2, 0.25) is 0 Å². The average Bonchev–Trinajstić information content (AvgIpc) is 2.73. The van der Waals surface area contributed by atoms with Crippen molar-refractivity contribution in [3.05, 3.63) is 23.9 Å². The van der Waals surface area contributed by atoms with Crippen LogP contribution in [-0.4, -0.2) is 28.8 Å². The van der Waals surface area contributed by atoms with Crippen LogP contribution >= 0.6 is 0 Å². The van der Waals surface area contributed by atoms with Crippen LogP contribution in [0, 0.1) is 0 Å². The van der Waals surface area contributed by atoms with E-state index in [4.69, 9.17) is 4.74 Å². The van der Waals surface area contributed by atoms with Gasteiger partial charge in [-0.15, -0.1) is 0 Å². The number of carbonyl (C=O) groups excluding carboxylic acids is 1. The molecule has 3 rings (SSSR count). The van der Waals surface area contributed by atoms with E-state index in [-0.39, 0.29) is 12.0 Å². The molecule has 5 heteroatoms. The number of benzene rings is 1. The average molecular weight is 231 g/mol. The van der Waals surface area contributed by atoms with E-state index in [1.54, 1.807) is 12.3 Å². The van der Waals surface area contributed by atoms with Crippen molar-refractivity contribution in [1.29, 1.82) is 0 Å². The minimum absolute atomic E-state index is 0.0320. The van der Waals surface area contributed by atoms with Gasteiger partial charge in [0.2, 0.25) is 0 Å². The van der Waals surface area contributed by atoms with Crippen LogP contribution in [0.25, 0.3) is 10.9 Å². The van der Waals surface area contributed by atoms with Gasteiger partial charge in [-0.1, -0.05) is 6.92 Å². The Balaban J connectivity index is 2.15. The van der Waals surface area contributed by atoms with Gasteiger partial charge in [-0.2, -0.15) is 5.10 Å². The molecule has 1 aromatic carbocycles. The predicted molar refractivity (Wildman–Crippen MR) is 63.1 cm³/mol. The lowest BCUT2D eigenvalue weighted by Gasteiger charge is -2.14. The number of hydrogen-bond acceptors (Lipinski definition) is 3. The Labute approximate surface area is 98.2 Å². The third-order valence-electron chi connectivity index (χ3n) is 3.02. The first kappa shape index (κ1) is 10.1. The number of ether oxygens (including phenoxy) is 1. The van der Waals surface area contributed by atoms with E-state index in [2.05, 4.69) is 15.5 Å². The molecule has 0 unspecified atom stereocenters. The third kappa shape index (κ3) is 1.63. The summed E-state index contributed by atoms with van der Waals surface area (Å²) in [6.07, 6.45) is 2.62. The van der Waals surface area contributed by atoms with Gasteiger partial charge in [0.25, 0.3) is 5.91 Å². The Kier molecular flexibility index (Phi) is 2.24. The van der Waals surface area contributed by atoms with Crippen molar-refractivity contribution in [2.24, 2.45) is 0 Å². The molecule has 0 spiro atoms. The molecule has 0 radical (unpaired) electrons. The summed E-state index contributed by atoms with van der Waals surface area (Å²) < 4.78 is 5.83. The maximum atomic E-state index is 11.9. The fraction of sp³-hybridized carbons (Fsp3) is 0.333. The van der Waals surface area contributed by atoms with Crippen molar-refractivity contribution in [1.82, 2.24) is 15.5 Å². The van der Waals surface area contributed by atoms with Gasteiger partial charge in [0.1, 0.15) is 11.9 Å². The largest absolute Gasteiger partial charge is 0.488 e. The highest BCUT2D eigenvalue weighted by molar-refractivity contribution is 6.01. The fourth-order valence-corrected chi connectivity index (χ4v) is 2.00. The number of aromatic nitrogens is 2. The summed E-state index contributed by atoms with van der Waals surface area (Å²) >= 11 is 0. The second-order valence-corrected chi connectivity index (χ2v) is 4.16. The lowest BCUT2D eigenvalue weighted by atomic mass is 10.1. The highest BCUT2D eigenvalue weighted by Crippen LogP contribution is 2.27. The Morgan fingerprint density at radius 1 is 1.53 bits per heavy atom. The molecule has 0 bridgehead atoms. The molecule has 5 nitrogen and oxygen atoms in total. The van der Waals surface area contributed by atoms with Gasteiger partial charge in [0, 0.05) is 5.39 Å². The van der Waals surface area contributed by atoms with Gasteiger partial charge < -0.3 is 10.1 Å². The van der Waals surface area contributed by atoms with Crippen LogP contribution in [0.4, 0.5) is 0 Å². The van der Waals surface area contributed by atoms with Crippen LogP contribution in [0.5, 0.6) is 5.75 Å². The zero-order valence-corrected chi connectivity index (χ0v) is 9.49. The molecule has 1 aliphatic heterocycles. The summed E-state index contributed by atoms with van der Waals surface area (Å²) in [5.74, 6) is 0.549. The van der Waals surface area contributed by atoms with E-state index in [0.717, 1.165) is 17.3 Å². The lowest BCUT2D eigenvalue weighted by Crippen LogP contribution is -2.31. The summed E-state index contributed by atoms with van der Waals surface area (Å²) in [5, 5.41) is 10.6. The minimum atomic E-state index is -0.0903. The summed E-state index contributed by atoms with van der Waals surface area (Å²) in [7, 11) is 0. The van der Waals surface area contributed by atoms with Crippen molar-refractivity contribution in [2.45, 2.75) is 19.4 Å². The number of nitrogens with zero attached hydrogens (tertiary/aromatic N) is 1. The Hall–Kier alpha value is -2.04. The van der Waals surface area contributed by atoms with E-state index >= 15 is 0 Å². The first-order chi connectivity index (χ1) is 8.28. The van der Waals surface area contributed by atoms with Crippen molar-refractivity contribution < 1.29 is 9.53 Å². The molecule has 0 saturated carbocycles. The molecule has 1 amide bonds. The van der Waals surface area contributed by atoms with E-state index in [9.17, 15) is 4.79 Å². The number of aromatic amines is 1.